The molecule has 2 aliphatic rings. The molecule has 2 atom stereocenters. The second kappa shape index (κ2) is 7.13. The third-order valence-corrected chi connectivity index (χ3v) is 6.13. The van der Waals surface area contributed by atoms with Gasteiger partial charge in [0.25, 0.3) is 0 Å². The molecule has 0 aliphatic carbocycles. The lowest BCUT2D eigenvalue weighted by atomic mass is 9.79. The van der Waals surface area contributed by atoms with Crippen molar-refractivity contribution >= 4 is 22.4 Å². The topological polar surface area (TPSA) is 66.6 Å². The largest absolute Gasteiger partial charge is 0.327 e. The van der Waals surface area contributed by atoms with E-state index in [0.29, 0.717) is 19.0 Å². The summed E-state index contributed by atoms with van der Waals surface area (Å²) in [5, 5.41) is 0. The summed E-state index contributed by atoms with van der Waals surface area (Å²) in [6.45, 7) is 8.89. The molecule has 2 heterocycles. The Morgan fingerprint density at radius 2 is 1.90 bits per heavy atom. The summed E-state index contributed by atoms with van der Waals surface area (Å²) in [4.78, 5) is 2.47. The van der Waals surface area contributed by atoms with Crippen LogP contribution in [-0.4, -0.2) is 62.6 Å². The van der Waals surface area contributed by atoms with Gasteiger partial charge in [-0.1, -0.05) is 13.8 Å². The van der Waals surface area contributed by atoms with E-state index in [0.717, 1.165) is 38.9 Å². The fraction of sp³-hybridized carbons (Fsp3) is 1.00. The second-order valence-electron chi connectivity index (χ2n) is 7.25. The van der Waals surface area contributed by atoms with Gasteiger partial charge in [-0.05, 0) is 37.1 Å². The van der Waals surface area contributed by atoms with Gasteiger partial charge in [0, 0.05) is 32.2 Å². The van der Waals surface area contributed by atoms with Crippen LogP contribution in [0, 0.1) is 11.3 Å². The summed E-state index contributed by atoms with van der Waals surface area (Å²) in [5.74, 6) is 0.462. The van der Waals surface area contributed by atoms with Crippen molar-refractivity contribution in [1.29, 1.82) is 0 Å². The van der Waals surface area contributed by atoms with Crippen LogP contribution < -0.4 is 5.73 Å². The lowest BCUT2D eigenvalue weighted by Gasteiger charge is -2.44. The van der Waals surface area contributed by atoms with Crippen molar-refractivity contribution < 1.29 is 8.42 Å². The normalized spacial score (nSPS) is 31.6. The monoisotopic (exact) mass is 339 g/mol. The molecule has 0 spiro atoms. The number of likely N-dealkylation sites (tertiary alicyclic amines) is 1. The highest BCUT2D eigenvalue weighted by Gasteiger charge is 2.35. The highest BCUT2D eigenvalue weighted by Crippen LogP contribution is 2.29. The summed E-state index contributed by atoms with van der Waals surface area (Å²) >= 11 is 0. The molecule has 0 radical (unpaired) electrons. The zero-order valence-electron chi connectivity index (χ0n) is 13.4. The van der Waals surface area contributed by atoms with Crippen LogP contribution in [0.2, 0.25) is 0 Å². The minimum Gasteiger partial charge on any atom is -0.327 e. The lowest BCUT2D eigenvalue weighted by Crippen LogP contribution is -2.54. The molecular formula is C14H30ClN3O2S. The van der Waals surface area contributed by atoms with E-state index in [1.165, 1.54) is 6.26 Å². The van der Waals surface area contributed by atoms with Crippen LogP contribution in [0.4, 0.5) is 0 Å². The fourth-order valence-corrected chi connectivity index (χ4v) is 4.43. The van der Waals surface area contributed by atoms with Gasteiger partial charge in [-0.3, -0.25) is 0 Å². The Morgan fingerprint density at radius 3 is 2.48 bits per heavy atom. The van der Waals surface area contributed by atoms with Crippen LogP contribution in [0.3, 0.4) is 0 Å². The Bertz CT molecular complexity index is 442. The first-order valence-corrected chi connectivity index (χ1v) is 9.46. The quantitative estimate of drug-likeness (QED) is 0.837. The van der Waals surface area contributed by atoms with E-state index in [1.807, 2.05) is 0 Å². The molecule has 0 bridgehead atoms. The first-order chi connectivity index (χ1) is 9.18. The van der Waals surface area contributed by atoms with Gasteiger partial charge in [-0.15, -0.1) is 12.4 Å². The predicted molar refractivity (Wildman–Crippen MR) is 89.2 cm³/mol. The summed E-state index contributed by atoms with van der Waals surface area (Å²) in [6, 6.07) is 0.276. The first kappa shape index (κ1) is 19.2. The number of rotatable bonds is 3. The van der Waals surface area contributed by atoms with Crippen LogP contribution >= 0.6 is 12.4 Å². The Kier molecular flexibility index (Phi) is 6.51. The van der Waals surface area contributed by atoms with Gasteiger partial charge in [0.1, 0.15) is 0 Å². The van der Waals surface area contributed by atoms with Crippen molar-refractivity contribution in [3.05, 3.63) is 0 Å². The van der Waals surface area contributed by atoms with Gasteiger partial charge in [0.2, 0.25) is 10.0 Å². The molecule has 2 saturated heterocycles. The van der Waals surface area contributed by atoms with Gasteiger partial charge < -0.3 is 10.6 Å². The molecule has 0 aromatic heterocycles. The molecule has 2 fully saturated rings. The Balaban J connectivity index is 0.00000220. The van der Waals surface area contributed by atoms with E-state index in [1.54, 1.807) is 4.31 Å². The zero-order valence-corrected chi connectivity index (χ0v) is 15.0. The number of piperidine rings is 2. The van der Waals surface area contributed by atoms with E-state index < -0.39 is 10.0 Å². The smallest absolute Gasteiger partial charge is 0.211 e. The Hall–Kier alpha value is 0.120. The number of nitrogens with two attached hydrogens (primary N) is 1. The van der Waals surface area contributed by atoms with E-state index >= 15 is 0 Å². The maximum atomic E-state index is 11.7. The van der Waals surface area contributed by atoms with E-state index in [4.69, 9.17) is 5.73 Å². The fourth-order valence-electron chi connectivity index (χ4n) is 3.48. The van der Waals surface area contributed by atoms with Crippen LogP contribution in [0.1, 0.15) is 33.1 Å². The SMILES string of the molecule is CC1(C)CN(CC2CCCN(S(C)(=O)=O)C2)CCC1N.Cl. The average molecular weight is 340 g/mol. The van der Waals surface area contributed by atoms with Crippen LogP contribution in [-0.2, 0) is 10.0 Å². The molecule has 7 heteroatoms. The number of hydrogen-bond acceptors (Lipinski definition) is 4. The molecule has 0 amide bonds. The Labute approximate surface area is 135 Å². The highest BCUT2D eigenvalue weighted by molar-refractivity contribution is 7.88. The van der Waals surface area contributed by atoms with E-state index in [2.05, 4.69) is 18.7 Å². The highest BCUT2D eigenvalue weighted by atomic mass is 35.5. The third-order valence-electron chi connectivity index (χ3n) is 4.86. The van der Waals surface area contributed by atoms with E-state index in [-0.39, 0.29) is 23.9 Å². The predicted octanol–water partition coefficient (Wildman–Crippen LogP) is 1.14. The molecule has 2 aliphatic heterocycles. The minimum atomic E-state index is -3.04. The molecule has 0 aromatic carbocycles. The lowest BCUT2D eigenvalue weighted by molar-refractivity contribution is 0.0726. The molecule has 0 saturated carbocycles. The van der Waals surface area contributed by atoms with Crippen LogP contribution in [0.25, 0.3) is 0 Å². The van der Waals surface area contributed by atoms with Gasteiger partial charge in [0.05, 0.1) is 6.26 Å². The van der Waals surface area contributed by atoms with Crippen molar-refractivity contribution in [1.82, 2.24) is 9.21 Å². The van der Waals surface area contributed by atoms with Crippen LogP contribution in [0.15, 0.2) is 0 Å². The molecular weight excluding hydrogens is 310 g/mol. The molecule has 0 aromatic rings. The zero-order chi connectivity index (χ0) is 15.0. The molecule has 2 unspecified atom stereocenters. The van der Waals surface area contributed by atoms with E-state index in [9.17, 15) is 8.42 Å². The number of sulfonamides is 1. The van der Waals surface area contributed by atoms with Crippen molar-refractivity contribution in [2.75, 3.05) is 39.0 Å². The number of halogens is 1. The van der Waals surface area contributed by atoms with Gasteiger partial charge >= 0.3 is 0 Å². The van der Waals surface area contributed by atoms with Crippen molar-refractivity contribution in [2.24, 2.45) is 17.1 Å². The van der Waals surface area contributed by atoms with Crippen LogP contribution in [0.5, 0.6) is 0 Å². The first-order valence-electron chi connectivity index (χ1n) is 7.61. The summed E-state index contributed by atoms with van der Waals surface area (Å²) in [6.07, 6.45) is 4.47. The van der Waals surface area contributed by atoms with Gasteiger partial charge in [0.15, 0.2) is 0 Å². The van der Waals surface area contributed by atoms with Gasteiger partial charge in [-0.2, -0.15) is 0 Å². The summed E-state index contributed by atoms with van der Waals surface area (Å²) in [5.41, 5.74) is 6.33. The standard InChI is InChI=1S/C14H29N3O2S.ClH/c1-14(2)11-16(8-6-13(14)15)9-12-5-4-7-17(10-12)20(3,18)19;/h12-13H,4-11,15H2,1-3H3;1H. The maximum absolute atomic E-state index is 11.7. The average Bonchev–Trinajstić information content (AvgIpc) is 2.33. The molecule has 21 heavy (non-hydrogen) atoms. The number of hydrogen-bond donors (Lipinski definition) is 1. The Morgan fingerprint density at radius 1 is 1.24 bits per heavy atom. The molecule has 2 N–H and O–H groups in total. The van der Waals surface area contributed by atoms with Crippen molar-refractivity contribution in [3.63, 3.8) is 0 Å². The van der Waals surface area contributed by atoms with Crippen molar-refractivity contribution in [2.45, 2.75) is 39.2 Å². The third kappa shape index (κ3) is 5.06. The molecule has 2 rings (SSSR count). The maximum Gasteiger partial charge on any atom is 0.211 e. The molecule has 5 nitrogen and oxygen atoms in total. The van der Waals surface area contributed by atoms with Gasteiger partial charge in [-0.25, -0.2) is 12.7 Å². The number of nitrogens with zero attached hydrogens (tertiary/aromatic N) is 2. The minimum absolute atomic E-state index is 0. The second-order valence-corrected chi connectivity index (χ2v) is 9.23. The summed E-state index contributed by atoms with van der Waals surface area (Å²) in [7, 11) is -3.04. The van der Waals surface area contributed by atoms with Crippen molar-refractivity contribution in [3.8, 4) is 0 Å². The molecule has 126 valence electrons. The summed E-state index contributed by atoms with van der Waals surface area (Å²) < 4.78 is 25.0.